The zero-order chi connectivity index (χ0) is 25.8. The molecular formula is C27H34N2O7. The van der Waals surface area contributed by atoms with E-state index in [2.05, 4.69) is 10.6 Å². The first-order valence-electron chi connectivity index (χ1n) is 12.1. The molecule has 1 aliphatic rings. The van der Waals surface area contributed by atoms with Gasteiger partial charge < -0.3 is 29.6 Å². The maximum Gasteiger partial charge on any atom is 0.289 e. The minimum atomic E-state index is -0.935. The highest BCUT2D eigenvalue weighted by atomic mass is 16.5. The van der Waals surface area contributed by atoms with E-state index in [9.17, 15) is 14.4 Å². The maximum absolute atomic E-state index is 13.0. The molecule has 2 aromatic rings. The summed E-state index contributed by atoms with van der Waals surface area (Å²) in [4.78, 5) is 38.7. The summed E-state index contributed by atoms with van der Waals surface area (Å²) in [5.74, 6) is -0.593. The number of ether oxygens (including phenoxy) is 4. The van der Waals surface area contributed by atoms with Crippen LogP contribution in [0.1, 0.15) is 40.7 Å². The van der Waals surface area contributed by atoms with Gasteiger partial charge in [0.1, 0.15) is 0 Å². The maximum atomic E-state index is 13.0. The lowest BCUT2D eigenvalue weighted by Gasteiger charge is -2.19. The average Bonchev–Trinajstić information content (AvgIpc) is 2.90. The Kier molecular flexibility index (Phi) is 10.7. The molecule has 1 atom stereocenters. The van der Waals surface area contributed by atoms with Gasteiger partial charge in [-0.2, -0.15) is 0 Å². The van der Waals surface area contributed by atoms with Crippen molar-refractivity contribution in [3.63, 3.8) is 0 Å². The number of nitrogens with one attached hydrogen (secondary N) is 2. The van der Waals surface area contributed by atoms with Crippen LogP contribution < -0.4 is 20.1 Å². The molecule has 2 N–H and O–H groups in total. The van der Waals surface area contributed by atoms with E-state index in [0.717, 1.165) is 5.56 Å². The zero-order valence-electron chi connectivity index (χ0n) is 20.8. The van der Waals surface area contributed by atoms with Crippen molar-refractivity contribution in [2.45, 2.75) is 38.3 Å². The Balaban J connectivity index is 1.64. The first-order chi connectivity index (χ1) is 17.5. The summed E-state index contributed by atoms with van der Waals surface area (Å²) in [6, 6.07) is 11.6. The van der Waals surface area contributed by atoms with Gasteiger partial charge in [0.25, 0.3) is 11.8 Å². The number of benzene rings is 2. The third kappa shape index (κ3) is 7.79. The second-order valence-electron chi connectivity index (χ2n) is 8.40. The number of carbonyl (C=O) groups excluding carboxylic acids is 3. The van der Waals surface area contributed by atoms with Gasteiger partial charge in [0.05, 0.1) is 40.1 Å². The van der Waals surface area contributed by atoms with Crippen molar-refractivity contribution in [3.05, 3.63) is 59.2 Å². The molecule has 0 aromatic heterocycles. The van der Waals surface area contributed by atoms with Crippen LogP contribution >= 0.6 is 0 Å². The van der Waals surface area contributed by atoms with Gasteiger partial charge in [-0.15, -0.1) is 0 Å². The lowest BCUT2D eigenvalue weighted by Crippen LogP contribution is -2.48. The van der Waals surface area contributed by atoms with Crippen LogP contribution in [0.15, 0.2) is 42.5 Å². The summed E-state index contributed by atoms with van der Waals surface area (Å²) in [6.45, 7) is 1.92. The van der Waals surface area contributed by atoms with Crippen molar-refractivity contribution in [3.8, 4) is 11.5 Å². The first kappa shape index (κ1) is 27.2. The number of ketones is 1. The fourth-order valence-corrected chi connectivity index (χ4v) is 3.93. The Morgan fingerprint density at radius 3 is 2.58 bits per heavy atom. The van der Waals surface area contributed by atoms with Crippen LogP contribution in [0.25, 0.3) is 0 Å². The Morgan fingerprint density at radius 1 is 1.00 bits per heavy atom. The minimum Gasteiger partial charge on any atom is -0.493 e. The quantitative estimate of drug-likeness (QED) is 0.564. The second-order valence-corrected chi connectivity index (χ2v) is 8.40. The fourth-order valence-electron chi connectivity index (χ4n) is 3.93. The van der Waals surface area contributed by atoms with Crippen molar-refractivity contribution in [1.82, 2.24) is 10.6 Å². The third-order valence-corrected chi connectivity index (χ3v) is 5.92. The minimum absolute atomic E-state index is 0.252. The fraction of sp³-hybridized carbons (Fsp3) is 0.444. The molecule has 2 aromatic carbocycles. The number of amides is 2. The van der Waals surface area contributed by atoms with Gasteiger partial charge in [0.15, 0.2) is 11.5 Å². The van der Waals surface area contributed by atoms with E-state index >= 15 is 0 Å². The molecule has 1 aliphatic heterocycles. The Bertz CT molecular complexity index is 1040. The smallest absolute Gasteiger partial charge is 0.289 e. The number of fused-ring (bicyclic) bond motifs is 1. The molecule has 194 valence electrons. The number of hydrogen-bond acceptors (Lipinski definition) is 7. The Morgan fingerprint density at radius 2 is 1.78 bits per heavy atom. The van der Waals surface area contributed by atoms with E-state index in [0.29, 0.717) is 68.1 Å². The van der Waals surface area contributed by atoms with Crippen molar-refractivity contribution in [1.29, 1.82) is 0 Å². The predicted octanol–water partition coefficient (Wildman–Crippen LogP) is 2.45. The molecule has 9 heteroatoms. The summed E-state index contributed by atoms with van der Waals surface area (Å²) in [6.07, 6.45) is 2.17. The van der Waals surface area contributed by atoms with Gasteiger partial charge in [0.2, 0.25) is 5.78 Å². The van der Waals surface area contributed by atoms with Gasteiger partial charge in [0, 0.05) is 18.7 Å². The molecule has 9 nitrogen and oxygen atoms in total. The molecule has 36 heavy (non-hydrogen) atoms. The molecule has 2 amide bonds. The lowest BCUT2D eigenvalue weighted by atomic mass is 10.0. The van der Waals surface area contributed by atoms with Crippen LogP contribution in [-0.4, -0.2) is 64.2 Å². The predicted molar refractivity (Wildman–Crippen MR) is 133 cm³/mol. The number of carbonyl (C=O) groups is 3. The molecule has 1 heterocycles. The van der Waals surface area contributed by atoms with Crippen molar-refractivity contribution in [2.75, 3.05) is 40.6 Å². The molecule has 0 bridgehead atoms. The summed E-state index contributed by atoms with van der Waals surface area (Å²) in [5, 5.41) is 5.44. The average molecular weight is 499 g/mol. The van der Waals surface area contributed by atoms with Gasteiger partial charge in [-0.05, 0) is 55.0 Å². The zero-order valence-corrected chi connectivity index (χ0v) is 20.8. The monoisotopic (exact) mass is 498 g/mol. The molecule has 0 saturated carbocycles. The molecule has 0 radical (unpaired) electrons. The van der Waals surface area contributed by atoms with Crippen LogP contribution in [0.5, 0.6) is 11.5 Å². The van der Waals surface area contributed by atoms with E-state index in [4.69, 9.17) is 18.9 Å². The molecule has 0 aliphatic carbocycles. The highest BCUT2D eigenvalue weighted by molar-refractivity contribution is 6.38. The van der Waals surface area contributed by atoms with Gasteiger partial charge in [-0.3, -0.25) is 14.4 Å². The number of Topliss-reactive ketones (excluding diaryl/α,β-unsaturated/α-hetero) is 1. The van der Waals surface area contributed by atoms with Crippen molar-refractivity contribution < 1.29 is 33.3 Å². The summed E-state index contributed by atoms with van der Waals surface area (Å²) in [5.41, 5.74) is 2.05. The van der Waals surface area contributed by atoms with Crippen LogP contribution in [0.2, 0.25) is 0 Å². The van der Waals surface area contributed by atoms with E-state index in [1.807, 2.05) is 18.2 Å². The lowest BCUT2D eigenvalue weighted by molar-refractivity contribution is -0.139. The van der Waals surface area contributed by atoms with E-state index in [1.165, 1.54) is 0 Å². The van der Waals surface area contributed by atoms with E-state index < -0.39 is 23.6 Å². The van der Waals surface area contributed by atoms with E-state index in [-0.39, 0.29) is 13.2 Å². The van der Waals surface area contributed by atoms with Crippen LogP contribution in [0.4, 0.5) is 0 Å². The van der Waals surface area contributed by atoms with Crippen LogP contribution in [0.3, 0.4) is 0 Å². The van der Waals surface area contributed by atoms with Crippen molar-refractivity contribution >= 4 is 17.6 Å². The number of rotatable bonds is 7. The molecule has 0 spiro atoms. The van der Waals surface area contributed by atoms with Gasteiger partial charge in [-0.1, -0.05) is 24.3 Å². The second kappa shape index (κ2) is 14.2. The number of methoxy groups -OCH3 is 2. The first-order valence-corrected chi connectivity index (χ1v) is 12.1. The Hall–Kier alpha value is -3.43. The highest BCUT2D eigenvalue weighted by Gasteiger charge is 2.27. The van der Waals surface area contributed by atoms with Crippen LogP contribution in [0, 0.1) is 0 Å². The molecule has 0 saturated heterocycles. The Labute approximate surface area is 211 Å². The third-order valence-electron chi connectivity index (χ3n) is 5.92. The number of hydrogen-bond donors (Lipinski definition) is 2. The largest absolute Gasteiger partial charge is 0.493 e. The summed E-state index contributed by atoms with van der Waals surface area (Å²) in [7, 11) is 3.12. The molecule has 1 unspecified atom stereocenters. The van der Waals surface area contributed by atoms with Gasteiger partial charge >= 0.3 is 0 Å². The standard InChI is InChI=1S/C27H34N2O7/c1-33-23-11-10-19(17-24(23)34-2)12-13-28-27(32)25(30)22-9-5-6-14-35-15-16-36-18-20-7-3-4-8-21(20)26(31)29-22/h3-4,7-8,10-11,17,22H,5-6,9,12-16,18H2,1-2H3,(H,28,32)(H,29,31). The SMILES string of the molecule is COc1ccc(CCNC(=O)C(=O)C2CCCCOCCOCc3ccccc3C(=O)N2)cc1OC. The summed E-state index contributed by atoms with van der Waals surface area (Å²) < 4.78 is 21.7. The topological polar surface area (TPSA) is 112 Å². The molecule has 3 rings (SSSR count). The highest BCUT2D eigenvalue weighted by Crippen LogP contribution is 2.27. The summed E-state index contributed by atoms with van der Waals surface area (Å²) >= 11 is 0. The molecule has 0 fully saturated rings. The molecular weight excluding hydrogens is 464 g/mol. The van der Waals surface area contributed by atoms with Gasteiger partial charge in [-0.25, -0.2) is 0 Å². The van der Waals surface area contributed by atoms with E-state index in [1.54, 1.807) is 38.5 Å². The van der Waals surface area contributed by atoms with Crippen molar-refractivity contribution in [2.24, 2.45) is 0 Å². The van der Waals surface area contributed by atoms with Crippen LogP contribution in [-0.2, 0) is 32.1 Å². The normalized spacial score (nSPS) is 17.2.